The molecule has 1 N–H and O–H groups in total. The summed E-state index contributed by atoms with van der Waals surface area (Å²) in [5.41, 5.74) is 5.29. The summed E-state index contributed by atoms with van der Waals surface area (Å²) >= 11 is 0. The van der Waals surface area contributed by atoms with Crippen LogP contribution in [0.2, 0.25) is 0 Å². The summed E-state index contributed by atoms with van der Waals surface area (Å²) in [6, 6.07) is 14.6. The number of nitrogens with one attached hydrogen (secondary N) is 1. The van der Waals surface area contributed by atoms with Gasteiger partial charge >= 0.3 is 0 Å². The number of rotatable bonds is 1. The van der Waals surface area contributed by atoms with Crippen LogP contribution in [0.1, 0.15) is 5.69 Å². The first-order chi connectivity index (χ1) is 10.2. The molecule has 0 spiro atoms. The number of H-pyrrole nitrogens is 1. The number of nitrogens with zero attached hydrogens (tertiary/aromatic N) is 2. The highest BCUT2D eigenvalue weighted by Gasteiger charge is 2.23. The van der Waals surface area contributed by atoms with Gasteiger partial charge in [0.2, 0.25) is 0 Å². The van der Waals surface area contributed by atoms with Gasteiger partial charge in [0.1, 0.15) is 11.6 Å². The lowest BCUT2D eigenvalue weighted by atomic mass is 10.0. The maximum atomic E-state index is 13.0. The fourth-order valence-corrected chi connectivity index (χ4v) is 2.82. The van der Waals surface area contributed by atoms with E-state index in [9.17, 15) is 4.39 Å². The summed E-state index contributed by atoms with van der Waals surface area (Å²) in [6.07, 6.45) is 0. The Labute approximate surface area is 122 Å². The van der Waals surface area contributed by atoms with E-state index in [4.69, 9.17) is 4.98 Å². The number of aromatic nitrogens is 2. The van der Waals surface area contributed by atoms with Gasteiger partial charge in [-0.15, -0.1) is 0 Å². The fraction of sp³-hybridized carbons (Fsp3) is 0.118. The standard InChI is InChI=1S/C17H14FN3/c1-21-10-14-16(13-4-2-3-5-15(13)21)20-17(19-14)11-6-8-12(18)9-7-11/h2-9H,10H2,1H3,(H,19,20). The SMILES string of the molecule is CN1Cc2[nH]c(-c3ccc(F)cc3)nc2-c2ccccc21. The van der Waals surface area contributed by atoms with Crippen LogP contribution in [0, 0.1) is 5.82 Å². The second-order valence-corrected chi connectivity index (χ2v) is 5.29. The smallest absolute Gasteiger partial charge is 0.138 e. The normalized spacial score (nSPS) is 13.0. The van der Waals surface area contributed by atoms with Crippen LogP contribution in [0.5, 0.6) is 0 Å². The third-order valence-corrected chi connectivity index (χ3v) is 3.86. The van der Waals surface area contributed by atoms with Crippen molar-refractivity contribution in [1.82, 2.24) is 9.97 Å². The van der Waals surface area contributed by atoms with Gasteiger partial charge in [0.05, 0.1) is 17.9 Å². The molecule has 3 aromatic rings. The predicted octanol–water partition coefficient (Wildman–Crippen LogP) is 3.83. The van der Waals surface area contributed by atoms with Gasteiger partial charge in [0.15, 0.2) is 0 Å². The summed E-state index contributed by atoms with van der Waals surface area (Å²) in [7, 11) is 2.07. The van der Waals surface area contributed by atoms with E-state index in [2.05, 4.69) is 29.1 Å². The summed E-state index contributed by atoms with van der Waals surface area (Å²) < 4.78 is 13.0. The summed E-state index contributed by atoms with van der Waals surface area (Å²) in [6.45, 7) is 0.792. The van der Waals surface area contributed by atoms with Crippen LogP contribution >= 0.6 is 0 Å². The van der Waals surface area contributed by atoms with Gasteiger partial charge in [-0.05, 0) is 30.3 Å². The first-order valence-electron chi connectivity index (χ1n) is 6.88. The molecule has 2 heterocycles. The van der Waals surface area contributed by atoms with Crippen molar-refractivity contribution >= 4 is 5.69 Å². The molecule has 0 aliphatic carbocycles. The average Bonchev–Trinajstić information content (AvgIpc) is 2.92. The van der Waals surface area contributed by atoms with Crippen molar-refractivity contribution in [3.63, 3.8) is 0 Å². The zero-order valence-electron chi connectivity index (χ0n) is 11.6. The van der Waals surface area contributed by atoms with Crippen molar-refractivity contribution in [3.05, 3.63) is 60.0 Å². The Hall–Kier alpha value is -2.62. The van der Waals surface area contributed by atoms with Crippen molar-refractivity contribution in [1.29, 1.82) is 0 Å². The molecule has 0 saturated heterocycles. The van der Waals surface area contributed by atoms with Crippen molar-refractivity contribution in [3.8, 4) is 22.6 Å². The second-order valence-electron chi connectivity index (χ2n) is 5.29. The molecule has 0 saturated carbocycles. The molecule has 104 valence electrons. The Kier molecular flexibility index (Phi) is 2.57. The van der Waals surface area contributed by atoms with Crippen molar-refractivity contribution in [2.75, 3.05) is 11.9 Å². The van der Waals surface area contributed by atoms with Crippen molar-refractivity contribution in [2.45, 2.75) is 6.54 Å². The Morgan fingerprint density at radius 2 is 1.86 bits per heavy atom. The van der Waals surface area contributed by atoms with E-state index in [-0.39, 0.29) is 5.82 Å². The van der Waals surface area contributed by atoms with Gasteiger partial charge in [-0.3, -0.25) is 0 Å². The highest BCUT2D eigenvalue weighted by atomic mass is 19.1. The lowest BCUT2D eigenvalue weighted by Crippen LogP contribution is -2.21. The lowest BCUT2D eigenvalue weighted by molar-refractivity contribution is 0.628. The summed E-state index contributed by atoms with van der Waals surface area (Å²) in [4.78, 5) is 10.3. The van der Waals surface area contributed by atoms with E-state index in [0.29, 0.717) is 0 Å². The summed E-state index contributed by atoms with van der Waals surface area (Å²) in [5, 5.41) is 0. The maximum Gasteiger partial charge on any atom is 0.138 e. The van der Waals surface area contributed by atoms with Crippen LogP contribution in [0.15, 0.2) is 48.5 Å². The summed E-state index contributed by atoms with van der Waals surface area (Å²) in [5.74, 6) is 0.547. The van der Waals surface area contributed by atoms with Gasteiger partial charge in [0, 0.05) is 23.9 Å². The molecule has 0 radical (unpaired) electrons. The van der Waals surface area contributed by atoms with E-state index in [1.54, 1.807) is 12.1 Å². The molecule has 4 rings (SSSR count). The molecule has 3 nitrogen and oxygen atoms in total. The monoisotopic (exact) mass is 279 g/mol. The number of benzene rings is 2. The first kappa shape index (κ1) is 12.1. The Balaban J connectivity index is 1.86. The van der Waals surface area contributed by atoms with Gasteiger partial charge in [-0.2, -0.15) is 0 Å². The highest BCUT2D eigenvalue weighted by molar-refractivity contribution is 5.81. The van der Waals surface area contributed by atoms with Crippen molar-refractivity contribution < 1.29 is 4.39 Å². The van der Waals surface area contributed by atoms with E-state index < -0.39 is 0 Å². The number of para-hydroxylation sites is 1. The number of aromatic amines is 1. The predicted molar refractivity (Wildman–Crippen MR) is 81.5 cm³/mol. The number of anilines is 1. The van der Waals surface area contributed by atoms with Crippen LogP contribution in [0.4, 0.5) is 10.1 Å². The molecule has 0 bridgehead atoms. The highest BCUT2D eigenvalue weighted by Crippen LogP contribution is 2.37. The Morgan fingerprint density at radius 1 is 1.10 bits per heavy atom. The molecule has 2 aromatic carbocycles. The molecular formula is C17H14FN3. The number of halogens is 1. The maximum absolute atomic E-state index is 13.0. The van der Waals surface area contributed by atoms with E-state index in [1.807, 2.05) is 12.1 Å². The number of hydrogen-bond donors (Lipinski definition) is 1. The van der Waals surface area contributed by atoms with Gasteiger partial charge in [-0.25, -0.2) is 9.37 Å². The van der Waals surface area contributed by atoms with Crippen LogP contribution in [0.25, 0.3) is 22.6 Å². The molecule has 4 heteroatoms. The molecule has 1 aliphatic rings. The number of fused-ring (bicyclic) bond motifs is 3. The number of hydrogen-bond acceptors (Lipinski definition) is 2. The fourth-order valence-electron chi connectivity index (χ4n) is 2.82. The van der Waals surface area contributed by atoms with Gasteiger partial charge in [0.25, 0.3) is 0 Å². The molecule has 21 heavy (non-hydrogen) atoms. The van der Waals surface area contributed by atoms with Gasteiger partial charge in [-0.1, -0.05) is 18.2 Å². The largest absolute Gasteiger partial charge is 0.368 e. The molecule has 0 unspecified atom stereocenters. The Morgan fingerprint density at radius 3 is 2.67 bits per heavy atom. The minimum atomic E-state index is -0.236. The molecule has 0 fully saturated rings. The zero-order valence-corrected chi connectivity index (χ0v) is 11.6. The van der Waals surface area contributed by atoms with E-state index in [1.165, 1.54) is 17.8 Å². The quantitative estimate of drug-likeness (QED) is 0.734. The van der Waals surface area contributed by atoms with Crippen LogP contribution in [-0.4, -0.2) is 17.0 Å². The minimum Gasteiger partial charge on any atom is -0.368 e. The number of imidazole rings is 1. The van der Waals surface area contributed by atoms with Crippen molar-refractivity contribution in [2.24, 2.45) is 0 Å². The second kappa shape index (κ2) is 4.45. The lowest BCUT2D eigenvalue weighted by Gasteiger charge is -2.26. The Bertz CT molecular complexity index is 805. The molecule has 0 atom stereocenters. The zero-order chi connectivity index (χ0) is 14.4. The molecule has 1 aliphatic heterocycles. The minimum absolute atomic E-state index is 0.236. The van der Waals surface area contributed by atoms with Gasteiger partial charge < -0.3 is 9.88 Å². The first-order valence-corrected chi connectivity index (χ1v) is 6.88. The van der Waals surface area contributed by atoms with Crippen LogP contribution in [-0.2, 0) is 6.54 Å². The topological polar surface area (TPSA) is 31.9 Å². The average molecular weight is 279 g/mol. The third kappa shape index (κ3) is 1.91. The molecule has 0 amide bonds. The van der Waals surface area contributed by atoms with Crippen LogP contribution in [0.3, 0.4) is 0 Å². The van der Waals surface area contributed by atoms with E-state index in [0.717, 1.165) is 34.9 Å². The molecule has 1 aromatic heterocycles. The van der Waals surface area contributed by atoms with E-state index >= 15 is 0 Å². The van der Waals surface area contributed by atoms with Crippen LogP contribution < -0.4 is 4.90 Å². The third-order valence-electron chi connectivity index (χ3n) is 3.86. The molecular weight excluding hydrogens is 265 g/mol.